The molecule has 1 N–H and O–H groups in total. The van der Waals surface area contributed by atoms with E-state index in [4.69, 9.17) is 9.47 Å². The standard InChI is InChI=1S/C16H23NO3/c1-16(2,15(18)19-3)14(12-7-5-4-6-8-12)17-13-9-10-20-11-13/h4-8,13-14,17H,9-11H2,1-3H3. The summed E-state index contributed by atoms with van der Waals surface area (Å²) in [4.78, 5) is 12.1. The van der Waals surface area contributed by atoms with Gasteiger partial charge in [-0.15, -0.1) is 0 Å². The van der Waals surface area contributed by atoms with Crippen LogP contribution in [0.3, 0.4) is 0 Å². The van der Waals surface area contributed by atoms with Crippen molar-refractivity contribution < 1.29 is 14.3 Å². The second-order valence-corrected chi connectivity index (χ2v) is 5.78. The predicted octanol–water partition coefficient (Wildman–Crippen LogP) is 2.31. The summed E-state index contributed by atoms with van der Waals surface area (Å²) < 4.78 is 10.4. The molecule has 2 unspecified atom stereocenters. The molecule has 1 aromatic rings. The number of carbonyl (C=O) groups is 1. The molecular weight excluding hydrogens is 254 g/mol. The van der Waals surface area contributed by atoms with Crippen LogP contribution in [0.25, 0.3) is 0 Å². The zero-order chi connectivity index (χ0) is 14.6. The number of esters is 1. The molecule has 2 atom stereocenters. The highest BCUT2D eigenvalue weighted by molar-refractivity contribution is 5.77. The van der Waals surface area contributed by atoms with Crippen molar-refractivity contribution in [3.63, 3.8) is 0 Å². The Hall–Kier alpha value is -1.39. The lowest BCUT2D eigenvalue weighted by atomic mass is 9.80. The third-order valence-electron chi connectivity index (χ3n) is 3.90. The summed E-state index contributed by atoms with van der Waals surface area (Å²) in [5.41, 5.74) is 0.452. The second-order valence-electron chi connectivity index (χ2n) is 5.78. The van der Waals surface area contributed by atoms with Crippen molar-refractivity contribution >= 4 is 5.97 Å². The molecule has 1 aliphatic heterocycles. The summed E-state index contributed by atoms with van der Waals surface area (Å²) >= 11 is 0. The third kappa shape index (κ3) is 3.19. The van der Waals surface area contributed by atoms with Gasteiger partial charge in [0.25, 0.3) is 0 Å². The minimum absolute atomic E-state index is 0.0946. The number of methoxy groups -OCH3 is 1. The third-order valence-corrected chi connectivity index (χ3v) is 3.90. The summed E-state index contributed by atoms with van der Waals surface area (Å²) in [5.74, 6) is -0.210. The Kier molecular flexibility index (Phi) is 4.78. The highest BCUT2D eigenvalue weighted by Gasteiger charge is 2.40. The van der Waals surface area contributed by atoms with Crippen molar-refractivity contribution in [2.45, 2.75) is 32.4 Å². The van der Waals surface area contributed by atoms with Gasteiger partial charge in [0.2, 0.25) is 0 Å². The Bertz CT molecular complexity index is 438. The van der Waals surface area contributed by atoms with Gasteiger partial charge in [-0.1, -0.05) is 30.3 Å². The number of hydrogen-bond donors (Lipinski definition) is 1. The molecule has 0 saturated carbocycles. The maximum Gasteiger partial charge on any atom is 0.313 e. The molecule has 1 fully saturated rings. The number of hydrogen-bond acceptors (Lipinski definition) is 4. The van der Waals surface area contributed by atoms with Gasteiger partial charge in [-0.05, 0) is 25.8 Å². The highest BCUT2D eigenvalue weighted by atomic mass is 16.5. The minimum Gasteiger partial charge on any atom is -0.469 e. The highest BCUT2D eigenvalue weighted by Crippen LogP contribution is 2.35. The molecule has 4 heteroatoms. The first-order valence-electron chi connectivity index (χ1n) is 7.03. The molecule has 1 saturated heterocycles. The average molecular weight is 277 g/mol. The van der Waals surface area contributed by atoms with Crippen molar-refractivity contribution in [3.8, 4) is 0 Å². The van der Waals surface area contributed by atoms with Crippen LogP contribution in [0.5, 0.6) is 0 Å². The van der Waals surface area contributed by atoms with Crippen LogP contribution in [0.2, 0.25) is 0 Å². The number of carbonyl (C=O) groups excluding carboxylic acids is 1. The van der Waals surface area contributed by atoms with Gasteiger partial charge in [-0.25, -0.2) is 0 Å². The molecule has 0 aliphatic carbocycles. The van der Waals surface area contributed by atoms with Crippen molar-refractivity contribution in [2.75, 3.05) is 20.3 Å². The molecule has 0 aromatic heterocycles. The first-order valence-corrected chi connectivity index (χ1v) is 7.03. The molecule has 1 heterocycles. The van der Waals surface area contributed by atoms with E-state index in [2.05, 4.69) is 5.32 Å². The van der Waals surface area contributed by atoms with Gasteiger partial charge < -0.3 is 14.8 Å². The molecule has 0 bridgehead atoms. The van der Waals surface area contributed by atoms with Crippen molar-refractivity contribution in [1.29, 1.82) is 0 Å². The number of benzene rings is 1. The fourth-order valence-corrected chi connectivity index (χ4v) is 2.65. The normalized spacial score (nSPS) is 20.6. The van der Waals surface area contributed by atoms with E-state index in [9.17, 15) is 4.79 Å². The molecule has 0 radical (unpaired) electrons. The largest absolute Gasteiger partial charge is 0.469 e. The predicted molar refractivity (Wildman–Crippen MR) is 77.3 cm³/mol. The topological polar surface area (TPSA) is 47.6 Å². The van der Waals surface area contributed by atoms with Crippen LogP contribution in [0.1, 0.15) is 31.9 Å². The summed E-state index contributed by atoms with van der Waals surface area (Å²) in [7, 11) is 1.44. The SMILES string of the molecule is COC(=O)C(C)(C)C(NC1CCOC1)c1ccccc1. The maximum atomic E-state index is 12.1. The van der Waals surface area contributed by atoms with Gasteiger partial charge in [-0.3, -0.25) is 4.79 Å². The minimum atomic E-state index is -0.640. The first kappa shape index (κ1) is 15.0. The Balaban J connectivity index is 2.25. The molecule has 4 nitrogen and oxygen atoms in total. The smallest absolute Gasteiger partial charge is 0.313 e. The molecular formula is C16H23NO3. The van der Waals surface area contributed by atoms with Gasteiger partial charge in [0.05, 0.1) is 19.1 Å². The molecule has 1 aromatic carbocycles. The molecule has 110 valence electrons. The van der Waals surface area contributed by atoms with E-state index in [0.29, 0.717) is 6.61 Å². The lowest BCUT2D eigenvalue weighted by Crippen LogP contribution is -2.45. The van der Waals surface area contributed by atoms with Crippen LogP contribution in [-0.4, -0.2) is 32.3 Å². The summed E-state index contributed by atoms with van der Waals surface area (Å²) in [6, 6.07) is 10.2. The van der Waals surface area contributed by atoms with E-state index < -0.39 is 5.41 Å². The van der Waals surface area contributed by atoms with Crippen LogP contribution < -0.4 is 5.32 Å². The van der Waals surface area contributed by atoms with Crippen LogP contribution >= 0.6 is 0 Å². The van der Waals surface area contributed by atoms with E-state index in [1.807, 2.05) is 44.2 Å². The summed E-state index contributed by atoms with van der Waals surface area (Å²) in [5, 5.41) is 3.56. The number of rotatable bonds is 5. The van der Waals surface area contributed by atoms with Crippen molar-refractivity contribution in [1.82, 2.24) is 5.32 Å². The summed E-state index contributed by atoms with van der Waals surface area (Å²) in [6.07, 6.45) is 0.973. The number of nitrogens with one attached hydrogen (secondary N) is 1. The average Bonchev–Trinajstić information content (AvgIpc) is 2.97. The van der Waals surface area contributed by atoms with Gasteiger partial charge in [0, 0.05) is 18.7 Å². The summed E-state index contributed by atoms with van der Waals surface area (Å²) in [6.45, 7) is 5.30. The van der Waals surface area contributed by atoms with E-state index in [1.54, 1.807) is 0 Å². The van der Waals surface area contributed by atoms with Crippen LogP contribution in [-0.2, 0) is 14.3 Å². The zero-order valence-electron chi connectivity index (χ0n) is 12.4. The van der Waals surface area contributed by atoms with E-state index in [-0.39, 0.29) is 18.1 Å². The first-order chi connectivity index (χ1) is 9.55. The molecule has 0 spiro atoms. The molecule has 20 heavy (non-hydrogen) atoms. The van der Waals surface area contributed by atoms with Gasteiger partial charge >= 0.3 is 5.97 Å². The molecule has 1 aliphatic rings. The monoisotopic (exact) mass is 277 g/mol. The Morgan fingerprint density at radius 1 is 1.40 bits per heavy atom. The van der Waals surface area contributed by atoms with Crippen LogP contribution in [0, 0.1) is 5.41 Å². The van der Waals surface area contributed by atoms with E-state index in [1.165, 1.54) is 7.11 Å². The van der Waals surface area contributed by atoms with Crippen LogP contribution in [0.4, 0.5) is 0 Å². The Morgan fingerprint density at radius 3 is 2.65 bits per heavy atom. The number of ether oxygens (including phenoxy) is 2. The van der Waals surface area contributed by atoms with E-state index >= 15 is 0 Å². The fraction of sp³-hybridized carbons (Fsp3) is 0.562. The van der Waals surface area contributed by atoms with Gasteiger partial charge in [-0.2, -0.15) is 0 Å². The fourth-order valence-electron chi connectivity index (χ4n) is 2.65. The molecule has 0 amide bonds. The van der Waals surface area contributed by atoms with Crippen molar-refractivity contribution in [3.05, 3.63) is 35.9 Å². The lowest BCUT2D eigenvalue weighted by Gasteiger charge is -2.34. The Morgan fingerprint density at radius 2 is 2.10 bits per heavy atom. The Labute approximate surface area is 120 Å². The van der Waals surface area contributed by atoms with Gasteiger partial charge in [0.1, 0.15) is 0 Å². The van der Waals surface area contributed by atoms with Gasteiger partial charge in [0.15, 0.2) is 0 Å². The van der Waals surface area contributed by atoms with Crippen LogP contribution in [0.15, 0.2) is 30.3 Å². The lowest BCUT2D eigenvalue weighted by molar-refractivity contribution is -0.152. The second kappa shape index (κ2) is 6.37. The zero-order valence-corrected chi connectivity index (χ0v) is 12.4. The van der Waals surface area contributed by atoms with Crippen molar-refractivity contribution in [2.24, 2.45) is 5.41 Å². The quantitative estimate of drug-likeness (QED) is 0.839. The maximum absolute atomic E-state index is 12.1. The van der Waals surface area contributed by atoms with E-state index in [0.717, 1.165) is 18.6 Å². The molecule has 2 rings (SSSR count).